The van der Waals surface area contributed by atoms with Gasteiger partial charge in [0.15, 0.2) is 5.82 Å². The predicted molar refractivity (Wildman–Crippen MR) is 59.7 cm³/mol. The van der Waals surface area contributed by atoms with Gasteiger partial charge in [0.25, 0.3) is 5.56 Å². The van der Waals surface area contributed by atoms with Crippen LogP contribution in [0.1, 0.15) is 12.5 Å². The zero-order valence-corrected chi connectivity index (χ0v) is 8.77. The minimum absolute atomic E-state index is 0.226. The minimum atomic E-state index is -0.226. The zero-order chi connectivity index (χ0) is 11.5. The standard InChI is InChI=1S/C10H11N5O/c1-2-6-8(11)14-9(15-10(6)16)7-5-12-3-4-13-7/h3-5H,2H2,1H3,(H3,11,14,15,16). The molecule has 0 amide bonds. The van der Waals surface area contributed by atoms with Gasteiger partial charge in [-0.2, -0.15) is 0 Å². The summed E-state index contributed by atoms with van der Waals surface area (Å²) in [7, 11) is 0. The second-order valence-corrected chi connectivity index (χ2v) is 3.22. The van der Waals surface area contributed by atoms with Gasteiger partial charge in [-0.15, -0.1) is 0 Å². The smallest absolute Gasteiger partial charge is 0.256 e. The van der Waals surface area contributed by atoms with E-state index in [4.69, 9.17) is 5.73 Å². The lowest BCUT2D eigenvalue weighted by Gasteiger charge is -2.03. The molecule has 6 nitrogen and oxygen atoms in total. The molecule has 2 rings (SSSR count). The predicted octanol–water partition coefficient (Wildman–Crippen LogP) is 0.372. The van der Waals surface area contributed by atoms with Crippen molar-refractivity contribution >= 4 is 5.82 Å². The lowest BCUT2D eigenvalue weighted by molar-refractivity contribution is 1.01. The van der Waals surface area contributed by atoms with Crippen LogP contribution in [0, 0.1) is 0 Å². The van der Waals surface area contributed by atoms with Crippen molar-refractivity contribution in [3.63, 3.8) is 0 Å². The van der Waals surface area contributed by atoms with Gasteiger partial charge >= 0.3 is 0 Å². The van der Waals surface area contributed by atoms with Crippen LogP contribution in [0.3, 0.4) is 0 Å². The van der Waals surface area contributed by atoms with Crippen LogP contribution >= 0.6 is 0 Å². The maximum Gasteiger partial charge on any atom is 0.256 e. The Morgan fingerprint density at radius 3 is 2.81 bits per heavy atom. The Morgan fingerprint density at radius 1 is 1.44 bits per heavy atom. The van der Waals surface area contributed by atoms with Crippen molar-refractivity contribution in [1.29, 1.82) is 0 Å². The van der Waals surface area contributed by atoms with E-state index in [1.807, 2.05) is 6.92 Å². The first-order valence-electron chi connectivity index (χ1n) is 4.87. The molecular weight excluding hydrogens is 206 g/mol. The number of hydrogen-bond donors (Lipinski definition) is 2. The summed E-state index contributed by atoms with van der Waals surface area (Å²) < 4.78 is 0. The molecule has 0 aliphatic carbocycles. The topological polar surface area (TPSA) is 97.5 Å². The molecule has 3 N–H and O–H groups in total. The molecule has 0 aliphatic heterocycles. The molecule has 0 atom stereocenters. The second-order valence-electron chi connectivity index (χ2n) is 3.22. The normalized spacial score (nSPS) is 10.3. The monoisotopic (exact) mass is 217 g/mol. The molecule has 0 fully saturated rings. The van der Waals surface area contributed by atoms with Gasteiger partial charge in [-0.1, -0.05) is 6.92 Å². The molecule has 2 heterocycles. The van der Waals surface area contributed by atoms with Crippen molar-refractivity contribution < 1.29 is 0 Å². The first-order valence-corrected chi connectivity index (χ1v) is 4.87. The van der Waals surface area contributed by atoms with Crippen LogP contribution in [0.15, 0.2) is 23.4 Å². The third-order valence-corrected chi connectivity index (χ3v) is 2.21. The van der Waals surface area contributed by atoms with Crippen LogP contribution in [0.2, 0.25) is 0 Å². The number of nitrogens with two attached hydrogens (primary N) is 1. The number of nitrogens with one attached hydrogen (secondary N) is 1. The van der Waals surface area contributed by atoms with Gasteiger partial charge < -0.3 is 10.7 Å². The summed E-state index contributed by atoms with van der Waals surface area (Å²) in [6.07, 6.45) is 5.14. The van der Waals surface area contributed by atoms with E-state index < -0.39 is 0 Å². The average Bonchev–Trinajstić information content (AvgIpc) is 2.30. The van der Waals surface area contributed by atoms with Gasteiger partial charge in [0, 0.05) is 12.4 Å². The Morgan fingerprint density at radius 2 is 2.25 bits per heavy atom. The highest BCUT2D eigenvalue weighted by molar-refractivity contribution is 5.51. The summed E-state index contributed by atoms with van der Waals surface area (Å²) in [5.74, 6) is 0.583. The summed E-state index contributed by atoms with van der Waals surface area (Å²) in [5.41, 5.74) is 6.45. The van der Waals surface area contributed by atoms with E-state index in [-0.39, 0.29) is 11.4 Å². The molecule has 0 aromatic carbocycles. The molecule has 2 aromatic rings. The van der Waals surface area contributed by atoms with Crippen LogP contribution in [-0.2, 0) is 6.42 Å². The number of aromatic nitrogens is 4. The fourth-order valence-electron chi connectivity index (χ4n) is 1.40. The molecule has 82 valence electrons. The van der Waals surface area contributed by atoms with E-state index in [1.54, 1.807) is 6.20 Å². The molecule has 0 radical (unpaired) electrons. The van der Waals surface area contributed by atoms with E-state index in [2.05, 4.69) is 19.9 Å². The SMILES string of the molecule is CCc1c(N)nc(-c2cnccn2)[nH]c1=O. The number of rotatable bonds is 2. The average molecular weight is 217 g/mol. The number of H-pyrrole nitrogens is 1. The molecule has 6 heteroatoms. The molecule has 0 aliphatic rings. The van der Waals surface area contributed by atoms with Crippen LogP contribution in [0.4, 0.5) is 5.82 Å². The van der Waals surface area contributed by atoms with Gasteiger partial charge in [-0.25, -0.2) is 9.97 Å². The Bertz CT molecular complexity index is 549. The van der Waals surface area contributed by atoms with E-state index >= 15 is 0 Å². The van der Waals surface area contributed by atoms with Crippen molar-refractivity contribution in [2.45, 2.75) is 13.3 Å². The van der Waals surface area contributed by atoms with Crippen LogP contribution in [-0.4, -0.2) is 19.9 Å². The highest BCUT2D eigenvalue weighted by atomic mass is 16.1. The summed E-state index contributed by atoms with van der Waals surface area (Å²) in [5, 5.41) is 0. The number of nitrogen functional groups attached to an aromatic ring is 1. The molecule has 16 heavy (non-hydrogen) atoms. The van der Waals surface area contributed by atoms with Crippen LogP contribution in [0.25, 0.3) is 11.5 Å². The first kappa shape index (κ1) is 10.3. The second kappa shape index (κ2) is 4.09. The number of anilines is 1. The van der Waals surface area contributed by atoms with E-state index in [9.17, 15) is 4.79 Å². The quantitative estimate of drug-likeness (QED) is 0.757. The molecule has 2 aromatic heterocycles. The molecule has 0 unspecified atom stereocenters. The fraction of sp³-hybridized carbons (Fsp3) is 0.200. The summed E-state index contributed by atoms with van der Waals surface area (Å²) in [4.78, 5) is 26.3. The summed E-state index contributed by atoms with van der Waals surface area (Å²) in [6, 6.07) is 0. The zero-order valence-electron chi connectivity index (χ0n) is 8.77. The summed E-state index contributed by atoms with van der Waals surface area (Å²) in [6.45, 7) is 1.85. The van der Waals surface area contributed by atoms with Crippen LogP contribution in [0.5, 0.6) is 0 Å². The highest BCUT2D eigenvalue weighted by Crippen LogP contribution is 2.11. The van der Waals surface area contributed by atoms with Gasteiger partial charge in [-0.05, 0) is 6.42 Å². The van der Waals surface area contributed by atoms with Gasteiger partial charge in [0.1, 0.15) is 11.5 Å². The third-order valence-electron chi connectivity index (χ3n) is 2.21. The molecule has 0 saturated heterocycles. The van der Waals surface area contributed by atoms with Gasteiger partial charge in [0.2, 0.25) is 0 Å². The van der Waals surface area contributed by atoms with Crippen molar-refractivity contribution in [3.05, 3.63) is 34.5 Å². The Balaban J connectivity index is 2.57. The Hall–Kier alpha value is -2.24. The number of hydrogen-bond acceptors (Lipinski definition) is 5. The Kier molecular flexibility index (Phi) is 2.63. The van der Waals surface area contributed by atoms with Crippen molar-refractivity contribution in [2.75, 3.05) is 5.73 Å². The number of aromatic amines is 1. The minimum Gasteiger partial charge on any atom is -0.383 e. The van der Waals surface area contributed by atoms with Gasteiger partial charge in [0.05, 0.1) is 11.8 Å². The largest absolute Gasteiger partial charge is 0.383 e. The van der Waals surface area contributed by atoms with E-state index in [0.29, 0.717) is 23.5 Å². The highest BCUT2D eigenvalue weighted by Gasteiger charge is 2.08. The first-order chi connectivity index (χ1) is 7.72. The molecule has 0 bridgehead atoms. The van der Waals surface area contributed by atoms with E-state index in [0.717, 1.165) is 0 Å². The fourth-order valence-corrected chi connectivity index (χ4v) is 1.40. The lowest BCUT2D eigenvalue weighted by Crippen LogP contribution is -2.17. The van der Waals surface area contributed by atoms with Crippen molar-refractivity contribution in [1.82, 2.24) is 19.9 Å². The maximum absolute atomic E-state index is 11.6. The van der Waals surface area contributed by atoms with Gasteiger partial charge in [-0.3, -0.25) is 9.78 Å². The Labute approximate surface area is 91.6 Å². The molecule has 0 saturated carbocycles. The summed E-state index contributed by atoms with van der Waals surface area (Å²) >= 11 is 0. The third kappa shape index (κ3) is 1.77. The van der Waals surface area contributed by atoms with E-state index in [1.165, 1.54) is 12.4 Å². The van der Waals surface area contributed by atoms with Crippen LogP contribution < -0.4 is 11.3 Å². The maximum atomic E-state index is 11.6. The van der Waals surface area contributed by atoms with Crippen molar-refractivity contribution in [3.8, 4) is 11.5 Å². The van der Waals surface area contributed by atoms with Crippen molar-refractivity contribution in [2.24, 2.45) is 0 Å². The number of nitrogens with zero attached hydrogens (tertiary/aromatic N) is 3. The molecule has 0 spiro atoms. The molecular formula is C10H11N5O. The lowest BCUT2D eigenvalue weighted by atomic mass is 10.2.